The van der Waals surface area contributed by atoms with Gasteiger partial charge in [-0.05, 0) is 35.7 Å². The third kappa shape index (κ3) is 5.29. The Hall–Kier alpha value is -3.23. The first-order valence-electron chi connectivity index (χ1n) is 12.1. The summed E-state index contributed by atoms with van der Waals surface area (Å²) in [6.45, 7) is 2.83. The fourth-order valence-electron chi connectivity index (χ4n) is 5.45. The zero-order valence-electron chi connectivity index (χ0n) is 20.1. The van der Waals surface area contributed by atoms with E-state index in [4.69, 9.17) is 14.2 Å². The van der Waals surface area contributed by atoms with Crippen LogP contribution in [0.1, 0.15) is 39.7 Å². The van der Waals surface area contributed by atoms with Crippen molar-refractivity contribution in [2.75, 3.05) is 33.3 Å². The van der Waals surface area contributed by atoms with Gasteiger partial charge in [0.1, 0.15) is 24.7 Å². The lowest BCUT2D eigenvalue weighted by Gasteiger charge is -2.51. The summed E-state index contributed by atoms with van der Waals surface area (Å²) in [6.07, 6.45) is -0.173. The van der Waals surface area contributed by atoms with E-state index in [2.05, 4.69) is 0 Å². The van der Waals surface area contributed by atoms with Crippen molar-refractivity contribution in [1.29, 1.82) is 0 Å². The Kier molecular flexibility index (Phi) is 7.07. The summed E-state index contributed by atoms with van der Waals surface area (Å²) in [7, 11) is 1.56. The molecule has 0 saturated carbocycles. The van der Waals surface area contributed by atoms with Gasteiger partial charge in [0.25, 0.3) is 0 Å². The summed E-state index contributed by atoms with van der Waals surface area (Å²) >= 11 is 1.46. The highest BCUT2D eigenvalue weighted by molar-refractivity contribution is 7.12. The Bertz CT molecular complexity index is 1220. The summed E-state index contributed by atoms with van der Waals surface area (Å²) in [5.74, 6) is 0.566. The Balaban J connectivity index is 1.31. The van der Waals surface area contributed by atoms with Crippen LogP contribution in [0.4, 0.5) is 9.18 Å². The van der Waals surface area contributed by atoms with E-state index in [-0.39, 0.29) is 17.8 Å². The number of ketones is 1. The lowest BCUT2D eigenvalue weighted by molar-refractivity contribution is -0.938. The molecule has 0 amide bonds. The molecule has 4 heterocycles. The Morgan fingerprint density at radius 3 is 2.50 bits per heavy atom. The number of ether oxygens (including phenoxy) is 3. The maximum Gasteiger partial charge on any atom is 0.509 e. The molecule has 2 atom stereocenters. The molecule has 2 bridgehead atoms. The first kappa shape index (κ1) is 24.5. The highest BCUT2D eigenvalue weighted by atomic mass is 32.1. The minimum absolute atomic E-state index is 0.135. The molecule has 3 aromatic rings. The van der Waals surface area contributed by atoms with E-state index in [9.17, 15) is 14.0 Å². The number of fused-ring (bicyclic) bond motifs is 3. The maximum atomic E-state index is 14.0. The van der Waals surface area contributed by atoms with Gasteiger partial charge in [-0.2, -0.15) is 0 Å². The third-order valence-corrected chi connectivity index (χ3v) is 8.24. The van der Waals surface area contributed by atoms with Crippen LogP contribution < -0.4 is 4.74 Å². The smallest absolute Gasteiger partial charge is 0.497 e. The van der Waals surface area contributed by atoms with Crippen molar-refractivity contribution in [2.45, 2.75) is 25.0 Å². The monoisotopic (exact) mass is 510 g/mol. The van der Waals surface area contributed by atoms with Crippen LogP contribution in [-0.2, 0) is 9.47 Å². The van der Waals surface area contributed by atoms with Crippen LogP contribution in [-0.4, -0.2) is 55.8 Å². The number of quaternary nitrogens is 1. The molecular weight excluding hydrogens is 481 g/mol. The predicted octanol–water partition coefficient (Wildman–Crippen LogP) is 5.63. The van der Waals surface area contributed by atoms with Gasteiger partial charge in [0, 0.05) is 29.9 Å². The molecule has 0 aliphatic carbocycles. The van der Waals surface area contributed by atoms with Gasteiger partial charge >= 0.3 is 6.16 Å². The molecule has 3 aliphatic rings. The number of rotatable bonds is 8. The molecule has 0 N–H and O–H groups in total. The second-order valence-corrected chi connectivity index (χ2v) is 10.6. The van der Waals surface area contributed by atoms with Crippen molar-refractivity contribution in [3.8, 4) is 5.75 Å². The van der Waals surface area contributed by atoms with Gasteiger partial charge in [-0.1, -0.05) is 30.3 Å². The van der Waals surface area contributed by atoms with E-state index in [0.29, 0.717) is 34.4 Å². The van der Waals surface area contributed by atoms with Crippen molar-refractivity contribution in [1.82, 2.24) is 0 Å². The van der Waals surface area contributed by atoms with Gasteiger partial charge in [0.2, 0.25) is 5.78 Å². The van der Waals surface area contributed by atoms with Gasteiger partial charge in [0.15, 0.2) is 12.2 Å². The van der Waals surface area contributed by atoms with Crippen LogP contribution in [0.25, 0.3) is 0 Å². The van der Waals surface area contributed by atoms with Gasteiger partial charge in [-0.3, -0.25) is 4.79 Å². The SMILES string of the molecule is COc1cccc(C(OC(=O)OC2C[N+]3(CC(=O)c4cccs4)CCC2CC3)c2cccc(F)c2)c1. The second kappa shape index (κ2) is 10.4. The molecular formula is C28H29FNO5S+. The van der Waals surface area contributed by atoms with Crippen molar-refractivity contribution in [3.63, 3.8) is 0 Å². The number of halogens is 1. The van der Waals surface area contributed by atoms with Crippen LogP contribution >= 0.6 is 11.3 Å². The van der Waals surface area contributed by atoms with Crippen molar-refractivity contribution in [3.05, 3.63) is 87.9 Å². The number of thiophene rings is 1. The molecule has 6 rings (SSSR count). The molecule has 36 heavy (non-hydrogen) atoms. The molecule has 6 nitrogen and oxygen atoms in total. The van der Waals surface area contributed by atoms with E-state index in [1.807, 2.05) is 17.5 Å². The van der Waals surface area contributed by atoms with Crippen molar-refractivity contribution < 1.29 is 32.7 Å². The van der Waals surface area contributed by atoms with Crippen LogP contribution in [0.2, 0.25) is 0 Å². The average molecular weight is 511 g/mol. The lowest BCUT2D eigenvalue weighted by Crippen LogP contribution is -2.65. The zero-order valence-corrected chi connectivity index (χ0v) is 20.9. The predicted molar refractivity (Wildman–Crippen MR) is 134 cm³/mol. The Labute approximate surface area is 213 Å². The number of methoxy groups -OCH3 is 1. The first-order valence-corrected chi connectivity index (χ1v) is 13.0. The van der Waals surface area contributed by atoms with Crippen LogP contribution in [0.5, 0.6) is 5.75 Å². The van der Waals surface area contributed by atoms with E-state index in [1.165, 1.54) is 23.5 Å². The number of piperidine rings is 3. The largest absolute Gasteiger partial charge is 0.509 e. The summed E-state index contributed by atoms with van der Waals surface area (Å²) in [5.41, 5.74) is 1.15. The molecule has 0 spiro atoms. The number of hydrogen-bond donors (Lipinski definition) is 0. The van der Waals surface area contributed by atoms with E-state index < -0.39 is 18.1 Å². The van der Waals surface area contributed by atoms with Crippen LogP contribution in [0.15, 0.2) is 66.0 Å². The maximum absolute atomic E-state index is 14.0. The van der Waals surface area contributed by atoms with Gasteiger partial charge in [0.05, 0.1) is 25.1 Å². The minimum atomic E-state index is -0.854. The second-order valence-electron chi connectivity index (χ2n) is 9.60. The minimum Gasteiger partial charge on any atom is -0.497 e. The zero-order chi connectivity index (χ0) is 25.1. The lowest BCUT2D eigenvalue weighted by atomic mass is 9.83. The first-order chi connectivity index (χ1) is 17.4. The molecule has 2 unspecified atom stereocenters. The van der Waals surface area contributed by atoms with E-state index in [0.717, 1.165) is 30.8 Å². The molecule has 3 aliphatic heterocycles. The van der Waals surface area contributed by atoms with Gasteiger partial charge in [-0.15, -0.1) is 11.3 Å². The number of nitrogens with zero attached hydrogens (tertiary/aromatic N) is 1. The number of carbonyl (C=O) groups excluding carboxylic acids is 2. The van der Waals surface area contributed by atoms with E-state index in [1.54, 1.807) is 43.5 Å². The third-order valence-electron chi connectivity index (χ3n) is 7.33. The van der Waals surface area contributed by atoms with Crippen molar-refractivity contribution in [2.24, 2.45) is 5.92 Å². The fraction of sp³-hybridized carbons (Fsp3) is 0.357. The summed E-state index contributed by atoms with van der Waals surface area (Å²) < 4.78 is 31.7. The summed E-state index contributed by atoms with van der Waals surface area (Å²) in [6, 6.07) is 16.9. The van der Waals surface area contributed by atoms with Crippen molar-refractivity contribution >= 4 is 23.3 Å². The highest BCUT2D eigenvalue weighted by Crippen LogP contribution is 2.37. The molecule has 3 saturated heterocycles. The number of carbonyl (C=O) groups is 2. The molecule has 1 aromatic heterocycles. The quantitative estimate of drug-likeness (QED) is 0.223. The number of Topliss-reactive ketones (excluding diaryl/α,β-unsaturated/α-hetero) is 1. The van der Waals surface area contributed by atoms with Gasteiger partial charge < -0.3 is 18.7 Å². The fourth-order valence-corrected chi connectivity index (χ4v) is 6.10. The topological polar surface area (TPSA) is 61.8 Å². The standard InChI is InChI=1S/C28H29FNO5S/c1-33-23-8-3-6-21(16-23)27(20-5-2-7-22(29)15-20)35-28(32)34-25-18-30(12-10-19(25)11-13-30)17-24(31)26-9-4-14-36-26/h2-9,14-16,19,25,27H,10-13,17-18H2,1H3/q+1. The molecule has 2 aromatic carbocycles. The molecule has 8 heteroatoms. The highest BCUT2D eigenvalue weighted by Gasteiger charge is 2.49. The van der Waals surface area contributed by atoms with Gasteiger partial charge in [-0.25, -0.2) is 9.18 Å². The number of hydrogen-bond acceptors (Lipinski definition) is 6. The summed E-state index contributed by atoms with van der Waals surface area (Å²) in [4.78, 5) is 26.7. The molecule has 188 valence electrons. The average Bonchev–Trinajstić information content (AvgIpc) is 3.43. The number of benzene rings is 2. The molecule has 0 radical (unpaired) electrons. The summed E-state index contributed by atoms with van der Waals surface area (Å²) in [5, 5.41) is 1.91. The molecule has 3 fully saturated rings. The van der Waals surface area contributed by atoms with Crippen LogP contribution in [0.3, 0.4) is 0 Å². The Morgan fingerprint density at radius 2 is 1.81 bits per heavy atom. The normalized spacial score (nSPS) is 23.6. The van der Waals surface area contributed by atoms with Crippen LogP contribution in [0, 0.1) is 11.7 Å². The van der Waals surface area contributed by atoms with E-state index >= 15 is 0 Å². The Morgan fingerprint density at radius 1 is 1.06 bits per heavy atom.